The molecule has 0 spiro atoms. The summed E-state index contributed by atoms with van der Waals surface area (Å²) in [6.45, 7) is 3.63. The van der Waals surface area contributed by atoms with Crippen LogP contribution < -0.4 is 10.1 Å². The number of H-pyrrole nitrogens is 1. The normalized spacial score (nSPS) is 11.7. The van der Waals surface area contributed by atoms with Crippen LogP contribution in [0.15, 0.2) is 42.5 Å². The van der Waals surface area contributed by atoms with E-state index in [4.69, 9.17) is 9.47 Å². The van der Waals surface area contributed by atoms with Crippen molar-refractivity contribution < 1.29 is 24.0 Å². The first-order valence-electron chi connectivity index (χ1n) is 10.3. The van der Waals surface area contributed by atoms with Crippen molar-refractivity contribution in [2.24, 2.45) is 0 Å². The predicted molar refractivity (Wildman–Crippen MR) is 127 cm³/mol. The molecule has 0 aliphatic rings. The number of aryl methyl sites for hydroxylation is 1. The topological polar surface area (TPSA) is 124 Å². The number of carbonyl (C=O) groups is 2. The molecule has 10 heteroatoms. The molecule has 9 nitrogen and oxygen atoms in total. The van der Waals surface area contributed by atoms with Gasteiger partial charge in [0, 0.05) is 23.0 Å². The highest BCUT2D eigenvalue weighted by molar-refractivity contribution is 7.98. The number of non-ortho nitro benzene ring substituents is 1. The molecule has 33 heavy (non-hydrogen) atoms. The summed E-state index contributed by atoms with van der Waals surface area (Å²) in [6, 6.07) is 11.4. The van der Waals surface area contributed by atoms with E-state index >= 15 is 0 Å². The summed E-state index contributed by atoms with van der Waals surface area (Å²) in [7, 11) is 1.60. The SMILES string of the molecule is CCOC(=O)[C@H](CSCc1ccc(OC)cc1)NC(=O)c1cc2cc(C)cc([N+](=O)[O-])c2[nH]1. The van der Waals surface area contributed by atoms with Crippen molar-refractivity contribution in [3.05, 3.63) is 69.4 Å². The molecule has 1 amide bonds. The van der Waals surface area contributed by atoms with Crippen molar-refractivity contribution in [3.63, 3.8) is 0 Å². The van der Waals surface area contributed by atoms with E-state index in [1.54, 1.807) is 27.0 Å². The lowest BCUT2D eigenvalue weighted by Gasteiger charge is -2.16. The fraction of sp³-hybridized carbons (Fsp3) is 0.304. The molecule has 0 fully saturated rings. The molecule has 0 unspecified atom stereocenters. The molecule has 0 bridgehead atoms. The van der Waals surface area contributed by atoms with E-state index in [1.807, 2.05) is 24.3 Å². The average Bonchev–Trinajstić information content (AvgIpc) is 3.22. The molecule has 1 heterocycles. The number of ether oxygens (including phenoxy) is 2. The highest BCUT2D eigenvalue weighted by Gasteiger charge is 2.25. The molecule has 3 rings (SSSR count). The highest BCUT2D eigenvalue weighted by Crippen LogP contribution is 2.27. The lowest BCUT2D eigenvalue weighted by Crippen LogP contribution is -2.43. The van der Waals surface area contributed by atoms with Crippen LogP contribution in [-0.4, -0.2) is 47.3 Å². The van der Waals surface area contributed by atoms with E-state index in [2.05, 4.69) is 10.3 Å². The van der Waals surface area contributed by atoms with Crippen molar-refractivity contribution in [1.29, 1.82) is 0 Å². The lowest BCUT2D eigenvalue weighted by molar-refractivity contribution is -0.383. The van der Waals surface area contributed by atoms with Gasteiger partial charge in [0.25, 0.3) is 11.6 Å². The van der Waals surface area contributed by atoms with E-state index in [9.17, 15) is 19.7 Å². The first kappa shape index (κ1) is 24.1. The second kappa shape index (κ2) is 10.9. The molecular weight excluding hydrogens is 446 g/mol. The summed E-state index contributed by atoms with van der Waals surface area (Å²) in [6.07, 6.45) is 0. The summed E-state index contributed by atoms with van der Waals surface area (Å²) < 4.78 is 10.3. The van der Waals surface area contributed by atoms with Crippen molar-refractivity contribution in [2.75, 3.05) is 19.5 Å². The predicted octanol–water partition coefficient (Wildman–Crippen LogP) is 3.99. The third-order valence-electron chi connectivity index (χ3n) is 4.88. The third-order valence-corrected chi connectivity index (χ3v) is 5.99. The van der Waals surface area contributed by atoms with Crippen LogP contribution in [0.2, 0.25) is 0 Å². The van der Waals surface area contributed by atoms with Crippen LogP contribution in [0, 0.1) is 17.0 Å². The number of nitro groups is 1. The van der Waals surface area contributed by atoms with Gasteiger partial charge in [-0.05, 0) is 49.2 Å². The largest absolute Gasteiger partial charge is 0.497 e. The van der Waals surface area contributed by atoms with Crippen LogP contribution in [-0.2, 0) is 15.3 Å². The number of aromatic nitrogens is 1. The second-order valence-electron chi connectivity index (χ2n) is 7.33. The van der Waals surface area contributed by atoms with Gasteiger partial charge in [-0.3, -0.25) is 14.9 Å². The first-order valence-corrected chi connectivity index (χ1v) is 11.4. The number of amides is 1. The van der Waals surface area contributed by atoms with Gasteiger partial charge in [-0.1, -0.05) is 12.1 Å². The summed E-state index contributed by atoms with van der Waals surface area (Å²) >= 11 is 1.48. The molecular formula is C23H25N3O6S. The van der Waals surface area contributed by atoms with Crippen LogP contribution in [0.4, 0.5) is 5.69 Å². The molecule has 174 valence electrons. The number of aromatic amines is 1. The Morgan fingerprint density at radius 1 is 1.21 bits per heavy atom. The van der Waals surface area contributed by atoms with E-state index in [1.165, 1.54) is 23.9 Å². The van der Waals surface area contributed by atoms with Gasteiger partial charge in [0.2, 0.25) is 0 Å². The zero-order chi connectivity index (χ0) is 24.0. The molecule has 0 radical (unpaired) electrons. The van der Waals surface area contributed by atoms with Crippen LogP contribution in [0.5, 0.6) is 5.75 Å². The van der Waals surface area contributed by atoms with Gasteiger partial charge in [0.15, 0.2) is 0 Å². The fourth-order valence-corrected chi connectivity index (χ4v) is 4.30. The zero-order valence-electron chi connectivity index (χ0n) is 18.5. The van der Waals surface area contributed by atoms with Crippen molar-refractivity contribution in [3.8, 4) is 5.75 Å². The van der Waals surface area contributed by atoms with E-state index < -0.39 is 22.8 Å². The van der Waals surface area contributed by atoms with Gasteiger partial charge in [-0.25, -0.2) is 4.79 Å². The number of fused-ring (bicyclic) bond motifs is 1. The maximum atomic E-state index is 12.9. The minimum Gasteiger partial charge on any atom is -0.497 e. The molecule has 3 aromatic rings. The standard InChI is InChI=1S/C23H25N3O6S/c1-4-32-23(28)19(13-33-12-15-5-7-17(31-3)8-6-15)25-22(27)18-11-16-9-14(2)10-20(26(29)30)21(16)24-18/h5-11,19,24H,4,12-13H2,1-3H3,(H,25,27)/t19-/m0/s1. The number of nitro benzene ring substituents is 1. The Morgan fingerprint density at radius 3 is 2.58 bits per heavy atom. The van der Waals surface area contributed by atoms with Crippen molar-refractivity contribution in [2.45, 2.75) is 25.6 Å². The zero-order valence-corrected chi connectivity index (χ0v) is 19.4. The van der Waals surface area contributed by atoms with Gasteiger partial charge >= 0.3 is 5.97 Å². The molecule has 1 aromatic heterocycles. The number of esters is 1. The quantitative estimate of drug-likeness (QED) is 0.260. The Morgan fingerprint density at radius 2 is 1.94 bits per heavy atom. The molecule has 0 saturated heterocycles. The minimum absolute atomic E-state index is 0.110. The van der Waals surface area contributed by atoms with Gasteiger partial charge < -0.3 is 19.8 Å². The molecule has 2 N–H and O–H groups in total. The van der Waals surface area contributed by atoms with E-state index in [0.717, 1.165) is 11.3 Å². The van der Waals surface area contributed by atoms with Gasteiger partial charge in [0.05, 0.1) is 18.6 Å². The fourth-order valence-electron chi connectivity index (χ4n) is 3.30. The summed E-state index contributed by atoms with van der Waals surface area (Å²) in [5, 5.41) is 14.6. The number of carbonyl (C=O) groups excluding carboxylic acids is 2. The monoisotopic (exact) mass is 471 g/mol. The van der Waals surface area contributed by atoms with Gasteiger partial charge in [0.1, 0.15) is 23.0 Å². The Balaban J connectivity index is 1.72. The summed E-state index contributed by atoms with van der Waals surface area (Å²) in [5.74, 6) is 0.616. The molecule has 0 saturated carbocycles. The Labute approximate surface area is 195 Å². The lowest BCUT2D eigenvalue weighted by atomic mass is 10.1. The van der Waals surface area contributed by atoms with Gasteiger partial charge in [-0.2, -0.15) is 11.8 Å². The molecule has 2 aromatic carbocycles. The van der Waals surface area contributed by atoms with Crippen molar-refractivity contribution in [1.82, 2.24) is 10.3 Å². The maximum absolute atomic E-state index is 12.9. The summed E-state index contributed by atoms with van der Waals surface area (Å²) in [5.41, 5.74) is 2.04. The van der Waals surface area contributed by atoms with Gasteiger partial charge in [-0.15, -0.1) is 0 Å². The average molecular weight is 472 g/mol. The van der Waals surface area contributed by atoms with Crippen LogP contribution in [0.1, 0.15) is 28.5 Å². The van der Waals surface area contributed by atoms with Crippen molar-refractivity contribution >= 4 is 40.2 Å². The third kappa shape index (κ3) is 6.04. The number of nitrogens with one attached hydrogen (secondary N) is 2. The number of benzene rings is 2. The summed E-state index contributed by atoms with van der Waals surface area (Å²) in [4.78, 5) is 39.0. The number of hydrogen-bond donors (Lipinski definition) is 2. The Kier molecular flexibility index (Phi) is 7.94. The molecule has 0 aliphatic heterocycles. The maximum Gasteiger partial charge on any atom is 0.329 e. The highest BCUT2D eigenvalue weighted by atomic mass is 32.2. The Bertz CT molecular complexity index is 1160. The number of nitrogens with zero attached hydrogens (tertiary/aromatic N) is 1. The number of rotatable bonds is 10. The Hall–Kier alpha value is -3.53. The van der Waals surface area contributed by atoms with Crippen LogP contribution in [0.3, 0.4) is 0 Å². The minimum atomic E-state index is -0.871. The molecule has 1 atom stereocenters. The van der Waals surface area contributed by atoms with Crippen LogP contribution in [0.25, 0.3) is 10.9 Å². The van der Waals surface area contributed by atoms with E-state index in [0.29, 0.717) is 22.5 Å². The second-order valence-corrected chi connectivity index (χ2v) is 8.36. The van der Waals surface area contributed by atoms with E-state index in [-0.39, 0.29) is 23.5 Å². The first-order chi connectivity index (χ1) is 15.8. The number of thioether (sulfide) groups is 1. The number of methoxy groups -OCH3 is 1. The molecule has 0 aliphatic carbocycles. The van der Waals surface area contributed by atoms with Crippen LogP contribution >= 0.6 is 11.8 Å². The number of hydrogen-bond acceptors (Lipinski definition) is 7. The smallest absolute Gasteiger partial charge is 0.329 e.